The molecule has 1 unspecified atom stereocenters. The van der Waals surface area contributed by atoms with Crippen molar-refractivity contribution in [2.24, 2.45) is 0 Å². The summed E-state index contributed by atoms with van der Waals surface area (Å²) in [7, 11) is 0. The molecule has 1 saturated heterocycles. The Morgan fingerprint density at radius 2 is 2.27 bits per heavy atom. The van der Waals surface area contributed by atoms with Gasteiger partial charge in [0.2, 0.25) is 5.91 Å². The minimum absolute atomic E-state index is 0.0443. The van der Waals surface area contributed by atoms with Crippen LogP contribution >= 0.6 is 39.1 Å². The Hall–Kier alpha value is -0.320. The third-order valence-electron chi connectivity index (χ3n) is 2.17. The van der Waals surface area contributed by atoms with Crippen molar-refractivity contribution < 1.29 is 4.79 Å². The second kappa shape index (κ2) is 4.28. The molecule has 0 aromatic carbocycles. The van der Waals surface area contributed by atoms with E-state index in [0.717, 1.165) is 0 Å². The summed E-state index contributed by atoms with van der Waals surface area (Å²) in [5.41, 5.74) is 0.619. The lowest BCUT2D eigenvalue weighted by Gasteiger charge is -2.16. The van der Waals surface area contributed by atoms with Crippen LogP contribution in [0.4, 0.5) is 5.69 Å². The van der Waals surface area contributed by atoms with E-state index < -0.39 is 0 Å². The number of rotatable bonds is 1. The zero-order valence-electron chi connectivity index (χ0n) is 7.58. The van der Waals surface area contributed by atoms with Crippen LogP contribution < -0.4 is 4.90 Å². The highest BCUT2D eigenvalue weighted by Crippen LogP contribution is 2.31. The Morgan fingerprint density at radius 3 is 2.80 bits per heavy atom. The molecule has 1 fully saturated rings. The number of anilines is 1. The summed E-state index contributed by atoms with van der Waals surface area (Å²) >= 11 is 15.1. The van der Waals surface area contributed by atoms with E-state index in [9.17, 15) is 4.79 Å². The fourth-order valence-corrected chi connectivity index (χ4v) is 2.53. The molecule has 0 saturated carbocycles. The van der Waals surface area contributed by atoms with Gasteiger partial charge < -0.3 is 4.90 Å². The molecule has 0 aliphatic carbocycles. The van der Waals surface area contributed by atoms with Gasteiger partial charge in [0, 0.05) is 17.8 Å². The molecular formula is C9H7BrCl2N2O. The number of carbonyl (C=O) groups is 1. The smallest absolute Gasteiger partial charge is 0.228 e. The molecule has 15 heavy (non-hydrogen) atoms. The summed E-state index contributed by atoms with van der Waals surface area (Å²) in [5, 5.41) is 0.774. The van der Waals surface area contributed by atoms with Crippen LogP contribution in [0.1, 0.15) is 6.42 Å². The van der Waals surface area contributed by atoms with Crippen molar-refractivity contribution in [2.75, 3.05) is 11.4 Å². The van der Waals surface area contributed by atoms with Crippen molar-refractivity contribution >= 4 is 50.7 Å². The zero-order chi connectivity index (χ0) is 11.0. The molecule has 3 nitrogen and oxygen atoms in total. The van der Waals surface area contributed by atoms with E-state index in [1.807, 2.05) is 0 Å². The molecule has 0 spiro atoms. The van der Waals surface area contributed by atoms with Crippen molar-refractivity contribution in [3.05, 3.63) is 22.4 Å². The average molecular weight is 310 g/mol. The van der Waals surface area contributed by atoms with Crippen molar-refractivity contribution in [1.29, 1.82) is 0 Å². The Kier molecular flexibility index (Phi) is 3.19. The maximum absolute atomic E-state index is 11.6. The molecule has 0 bridgehead atoms. The predicted octanol–water partition coefficient (Wildman–Crippen LogP) is 2.89. The highest BCUT2D eigenvalue weighted by Gasteiger charge is 2.30. The van der Waals surface area contributed by atoms with Crippen LogP contribution in [0.15, 0.2) is 12.3 Å². The number of nitrogens with zero attached hydrogens (tertiary/aromatic N) is 2. The standard InChI is InChI=1S/C9H7BrCl2N2O/c10-5-1-9(15)14(4-5)7-3-13-8(12)2-6(7)11/h2-3,5H,1,4H2. The molecule has 1 aliphatic heterocycles. The van der Waals surface area contributed by atoms with Gasteiger partial charge in [-0.05, 0) is 6.07 Å². The average Bonchev–Trinajstić information content (AvgIpc) is 2.45. The topological polar surface area (TPSA) is 33.2 Å². The van der Waals surface area contributed by atoms with Gasteiger partial charge in [0.25, 0.3) is 0 Å². The van der Waals surface area contributed by atoms with Gasteiger partial charge in [0.1, 0.15) is 5.15 Å². The van der Waals surface area contributed by atoms with Crippen molar-refractivity contribution in [1.82, 2.24) is 4.98 Å². The Balaban J connectivity index is 2.34. The molecule has 1 aromatic heterocycles. The lowest BCUT2D eigenvalue weighted by molar-refractivity contribution is -0.117. The fourth-order valence-electron chi connectivity index (χ4n) is 1.50. The second-order valence-electron chi connectivity index (χ2n) is 3.26. The van der Waals surface area contributed by atoms with Gasteiger partial charge in [-0.3, -0.25) is 4.79 Å². The number of hydrogen-bond donors (Lipinski definition) is 0. The minimum atomic E-state index is 0.0443. The molecule has 1 aromatic rings. The van der Waals surface area contributed by atoms with Gasteiger partial charge in [-0.1, -0.05) is 39.1 Å². The number of alkyl halides is 1. The molecule has 2 rings (SSSR count). The number of carbonyl (C=O) groups excluding carboxylic acids is 1. The van der Waals surface area contributed by atoms with Crippen LogP contribution in [0.3, 0.4) is 0 Å². The maximum atomic E-state index is 11.6. The monoisotopic (exact) mass is 308 g/mol. The van der Waals surface area contributed by atoms with Crippen LogP contribution in [0.2, 0.25) is 10.2 Å². The third-order valence-corrected chi connectivity index (χ3v) is 3.29. The van der Waals surface area contributed by atoms with Gasteiger partial charge in [-0.2, -0.15) is 0 Å². The lowest BCUT2D eigenvalue weighted by Crippen LogP contribution is -2.24. The highest BCUT2D eigenvalue weighted by atomic mass is 79.9. The minimum Gasteiger partial charge on any atom is -0.308 e. The van der Waals surface area contributed by atoms with E-state index in [4.69, 9.17) is 23.2 Å². The van der Waals surface area contributed by atoms with E-state index in [2.05, 4.69) is 20.9 Å². The summed E-state index contributed by atoms with van der Waals surface area (Å²) in [6.07, 6.45) is 2.01. The van der Waals surface area contributed by atoms with Crippen LogP contribution in [0, 0.1) is 0 Å². The number of hydrogen-bond acceptors (Lipinski definition) is 2. The van der Waals surface area contributed by atoms with Gasteiger partial charge in [0.05, 0.1) is 16.9 Å². The molecule has 6 heteroatoms. The normalized spacial score (nSPS) is 21.1. The number of halogens is 3. The van der Waals surface area contributed by atoms with Gasteiger partial charge in [-0.25, -0.2) is 4.98 Å². The molecule has 1 aliphatic rings. The van der Waals surface area contributed by atoms with Crippen LogP contribution in [-0.2, 0) is 4.79 Å². The number of pyridine rings is 1. The largest absolute Gasteiger partial charge is 0.308 e. The molecule has 80 valence electrons. The first kappa shape index (κ1) is 11.2. The van der Waals surface area contributed by atoms with Crippen LogP contribution in [0.25, 0.3) is 0 Å². The summed E-state index contributed by atoms with van der Waals surface area (Å²) < 4.78 is 0. The first-order valence-corrected chi connectivity index (χ1v) is 6.00. The van der Waals surface area contributed by atoms with E-state index in [1.54, 1.807) is 4.90 Å². The summed E-state index contributed by atoms with van der Waals surface area (Å²) in [4.78, 5) is 17.3. The predicted molar refractivity (Wildman–Crippen MR) is 63.9 cm³/mol. The van der Waals surface area contributed by atoms with E-state index in [1.165, 1.54) is 12.3 Å². The van der Waals surface area contributed by atoms with E-state index in [0.29, 0.717) is 28.8 Å². The van der Waals surface area contributed by atoms with Crippen molar-refractivity contribution in [2.45, 2.75) is 11.2 Å². The third kappa shape index (κ3) is 2.27. The summed E-state index contributed by atoms with van der Waals surface area (Å²) in [6, 6.07) is 1.54. The SMILES string of the molecule is O=C1CC(Br)CN1c1cnc(Cl)cc1Cl. The van der Waals surface area contributed by atoms with E-state index in [-0.39, 0.29) is 10.7 Å². The summed E-state index contributed by atoms with van der Waals surface area (Å²) in [5.74, 6) is 0.0443. The van der Waals surface area contributed by atoms with Crippen molar-refractivity contribution in [3.63, 3.8) is 0 Å². The Morgan fingerprint density at radius 1 is 1.53 bits per heavy atom. The zero-order valence-corrected chi connectivity index (χ0v) is 10.7. The number of aromatic nitrogens is 1. The first-order valence-electron chi connectivity index (χ1n) is 4.33. The fraction of sp³-hybridized carbons (Fsp3) is 0.333. The van der Waals surface area contributed by atoms with E-state index >= 15 is 0 Å². The number of amides is 1. The maximum Gasteiger partial charge on any atom is 0.228 e. The molecule has 2 heterocycles. The van der Waals surface area contributed by atoms with Crippen LogP contribution in [0.5, 0.6) is 0 Å². The lowest BCUT2D eigenvalue weighted by atomic mass is 10.4. The Labute approximate surface area is 106 Å². The second-order valence-corrected chi connectivity index (χ2v) is 5.35. The van der Waals surface area contributed by atoms with Gasteiger partial charge >= 0.3 is 0 Å². The first-order chi connectivity index (χ1) is 7.08. The van der Waals surface area contributed by atoms with Crippen LogP contribution in [-0.4, -0.2) is 22.3 Å². The molecule has 1 atom stereocenters. The molecule has 0 radical (unpaired) electrons. The molecular weight excluding hydrogens is 303 g/mol. The van der Waals surface area contributed by atoms with Gasteiger partial charge in [0.15, 0.2) is 0 Å². The highest BCUT2D eigenvalue weighted by molar-refractivity contribution is 9.09. The van der Waals surface area contributed by atoms with Crippen molar-refractivity contribution in [3.8, 4) is 0 Å². The summed E-state index contributed by atoms with van der Waals surface area (Å²) in [6.45, 7) is 0.613. The molecule has 0 N–H and O–H groups in total. The molecule has 1 amide bonds. The van der Waals surface area contributed by atoms with Gasteiger partial charge in [-0.15, -0.1) is 0 Å². The Bertz CT molecular complexity index is 413. The quantitative estimate of drug-likeness (QED) is 0.590.